The van der Waals surface area contributed by atoms with Gasteiger partial charge in [0.15, 0.2) is 0 Å². The quantitative estimate of drug-likeness (QED) is 0.541. The fraction of sp³-hybridized carbons (Fsp3) is 0.167. The Hall–Kier alpha value is -3.55. The molecule has 132 valence electrons. The van der Waals surface area contributed by atoms with E-state index in [1.165, 1.54) is 12.1 Å². The van der Waals surface area contributed by atoms with Gasteiger partial charge in [-0.1, -0.05) is 18.2 Å². The zero-order chi connectivity index (χ0) is 18.7. The molecule has 0 radical (unpaired) electrons. The van der Waals surface area contributed by atoms with E-state index in [0.717, 1.165) is 5.56 Å². The first-order valence-electron chi connectivity index (χ1n) is 7.97. The highest BCUT2D eigenvalue weighted by Crippen LogP contribution is 2.25. The van der Waals surface area contributed by atoms with Crippen LogP contribution >= 0.6 is 0 Å². The van der Waals surface area contributed by atoms with Crippen molar-refractivity contribution < 1.29 is 9.72 Å². The van der Waals surface area contributed by atoms with Gasteiger partial charge in [0.2, 0.25) is 5.91 Å². The SMILES string of the molecule is Cc1ccc(NC(=O)CCc2nc3ccccc3[nH]c2=O)c([N+](=O)[O-])c1. The molecule has 0 saturated carbocycles. The number of rotatable bonds is 5. The summed E-state index contributed by atoms with van der Waals surface area (Å²) in [5.41, 5.74) is 1.85. The molecule has 3 rings (SSSR count). The zero-order valence-electron chi connectivity index (χ0n) is 14.0. The lowest BCUT2D eigenvalue weighted by molar-refractivity contribution is -0.384. The summed E-state index contributed by atoms with van der Waals surface area (Å²) in [6, 6.07) is 11.7. The van der Waals surface area contributed by atoms with E-state index in [9.17, 15) is 19.7 Å². The van der Waals surface area contributed by atoms with Crippen molar-refractivity contribution in [1.29, 1.82) is 0 Å². The van der Waals surface area contributed by atoms with Crippen molar-refractivity contribution in [3.8, 4) is 0 Å². The van der Waals surface area contributed by atoms with Crippen LogP contribution in [0.1, 0.15) is 17.7 Å². The van der Waals surface area contributed by atoms with Gasteiger partial charge in [-0.25, -0.2) is 4.98 Å². The Kier molecular flexibility index (Phi) is 4.74. The number of nitrogens with zero attached hydrogens (tertiary/aromatic N) is 2. The summed E-state index contributed by atoms with van der Waals surface area (Å²) in [7, 11) is 0. The van der Waals surface area contributed by atoms with Crippen molar-refractivity contribution in [3.63, 3.8) is 0 Å². The molecule has 2 aromatic carbocycles. The van der Waals surface area contributed by atoms with Crippen molar-refractivity contribution in [2.75, 3.05) is 5.32 Å². The summed E-state index contributed by atoms with van der Waals surface area (Å²) in [4.78, 5) is 41.8. The molecule has 3 aromatic rings. The van der Waals surface area contributed by atoms with Crippen LogP contribution in [-0.4, -0.2) is 20.8 Å². The summed E-state index contributed by atoms with van der Waals surface area (Å²) in [6.07, 6.45) is 0.116. The molecular formula is C18H16N4O4. The first-order valence-corrected chi connectivity index (χ1v) is 7.97. The highest BCUT2D eigenvalue weighted by Gasteiger charge is 2.16. The van der Waals surface area contributed by atoms with E-state index in [4.69, 9.17) is 0 Å². The number of H-pyrrole nitrogens is 1. The maximum atomic E-state index is 12.1. The molecular weight excluding hydrogens is 336 g/mol. The number of aromatic nitrogens is 2. The fourth-order valence-electron chi connectivity index (χ4n) is 2.58. The highest BCUT2D eigenvalue weighted by molar-refractivity contribution is 5.93. The number of hydrogen-bond donors (Lipinski definition) is 2. The smallest absolute Gasteiger partial charge is 0.293 e. The van der Waals surface area contributed by atoms with Crippen molar-refractivity contribution in [2.45, 2.75) is 19.8 Å². The predicted octanol–water partition coefficient (Wildman–Crippen LogP) is 2.71. The van der Waals surface area contributed by atoms with E-state index in [2.05, 4.69) is 15.3 Å². The van der Waals surface area contributed by atoms with Gasteiger partial charge in [-0.3, -0.25) is 19.7 Å². The number of carbonyl (C=O) groups is 1. The highest BCUT2D eigenvalue weighted by atomic mass is 16.6. The molecule has 1 amide bonds. The van der Waals surface area contributed by atoms with Crippen LogP contribution in [0.5, 0.6) is 0 Å². The van der Waals surface area contributed by atoms with Gasteiger partial charge in [0.1, 0.15) is 11.4 Å². The minimum absolute atomic E-state index is 0.0144. The lowest BCUT2D eigenvalue weighted by Gasteiger charge is -2.07. The molecule has 1 heterocycles. The number of anilines is 1. The Balaban J connectivity index is 1.73. The van der Waals surface area contributed by atoms with Crippen LogP contribution in [0, 0.1) is 17.0 Å². The number of carbonyl (C=O) groups excluding carboxylic acids is 1. The molecule has 1 aromatic heterocycles. The molecule has 2 N–H and O–H groups in total. The number of hydrogen-bond acceptors (Lipinski definition) is 5. The van der Waals surface area contributed by atoms with Gasteiger partial charge in [-0.2, -0.15) is 0 Å². The number of fused-ring (bicyclic) bond motifs is 1. The number of nitro groups is 1. The molecule has 0 spiro atoms. The number of nitro benzene ring substituents is 1. The Morgan fingerprint density at radius 2 is 2.04 bits per heavy atom. The van der Waals surface area contributed by atoms with Gasteiger partial charge in [0, 0.05) is 18.9 Å². The van der Waals surface area contributed by atoms with Gasteiger partial charge in [-0.15, -0.1) is 0 Å². The molecule has 0 saturated heterocycles. The van der Waals surface area contributed by atoms with E-state index >= 15 is 0 Å². The van der Waals surface area contributed by atoms with E-state index in [0.29, 0.717) is 11.0 Å². The van der Waals surface area contributed by atoms with Crippen molar-refractivity contribution in [1.82, 2.24) is 9.97 Å². The third-order valence-corrected chi connectivity index (χ3v) is 3.88. The molecule has 0 atom stereocenters. The molecule has 8 heteroatoms. The van der Waals surface area contributed by atoms with Gasteiger partial charge in [0.05, 0.1) is 16.0 Å². The second kappa shape index (κ2) is 7.14. The van der Waals surface area contributed by atoms with Crippen LogP contribution in [0.2, 0.25) is 0 Å². The summed E-state index contributed by atoms with van der Waals surface area (Å²) in [5, 5.41) is 13.6. The Bertz CT molecular complexity index is 1060. The molecule has 0 fully saturated rings. The Morgan fingerprint density at radius 1 is 1.27 bits per heavy atom. The third-order valence-electron chi connectivity index (χ3n) is 3.88. The third kappa shape index (κ3) is 3.75. The standard InChI is InChI=1S/C18H16N4O4/c1-11-6-7-14(16(10-11)22(25)26)20-17(23)9-8-15-18(24)21-13-5-3-2-4-12(13)19-15/h2-7,10H,8-9H2,1H3,(H,20,23)(H,21,24). The largest absolute Gasteiger partial charge is 0.320 e. The summed E-state index contributed by atoms with van der Waals surface area (Å²) in [6.45, 7) is 1.73. The second-order valence-electron chi connectivity index (χ2n) is 5.86. The fourth-order valence-corrected chi connectivity index (χ4v) is 2.58. The number of aryl methyl sites for hydroxylation is 2. The topological polar surface area (TPSA) is 118 Å². The number of nitrogens with one attached hydrogen (secondary N) is 2. The summed E-state index contributed by atoms with van der Waals surface area (Å²) >= 11 is 0. The van der Waals surface area contributed by atoms with Crippen LogP contribution in [0.25, 0.3) is 11.0 Å². The van der Waals surface area contributed by atoms with E-state index in [1.54, 1.807) is 37.3 Å². The minimum Gasteiger partial charge on any atom is -0.320 e. The molecule has 0 unspecified atom stereocenters. The molecule has 8 nitrogen and oxygen atoms in total. The van der Waals surface area contributed by atoms with Gasteiger partial charge < -0.3 is 10.3 Å². The normalized spacial score (nSPS) is 10.7. The average Bonchev–Trinajstić information content (AvgIpc) is 2.61. The van der Waals surface area contributed by atoms with Crippen molar-refractivity contribution in [3.05, 3.63) is 74.2 Å². The lowest BCUT2D eigenvalue weighted by Crippen LogP contribution is -2.19. The maximum absolute atomic E-state index is 12.1. The summed E-state index contributed by atoms with van der Waals surface area (Å²) < 4.78 is 0. The first kappa shape index (κ1) is 17.3. The second-order valence-corrected chi connectivity index (χ2v) is 5.86. The van der Waals surface area contributed by atoms with Gasteiger partial charge in [0.25, 0.3) is 11.2 Å². The molecule has 26 heavy (non-hydrogen) atoms. The van der Waals surface area contributed by atoms with E-state index < -0.39 is 10.8 Å². The van der Waals surface area contributed by atoms with Crippen molar-refractivity contribution in [2.24, 2.45) is 0 Å². The van der Waals surface area contributed by atoms with Gasteiger partial charge >= 0.3 is 0 Å². The monoisotopic (exact) mass is 352 g/mol. The van der Waals surface area contributed by atoms with Crippen LogP contribution in [0.15, 0.2) is 47.3 Å². The first-order chi connectivity index (χ1) is 12.4. The Labute approximate surface area is 148 Å². The minimum atomic E-state index is -0.543. The molecule has 0 aliphatic heterocycles. The number of para-hydroxylation sites is 2. The van der Waals surface area contributed by atoms with E-state index in [1.807, 2.05) is 0 Å². The predicted molar refractivity (Wildman–Crippen MR) is 97.1 cm³/mol. The van der Waals surface area contributed by atoms with Crippen LogP contribution in [0.4, 0.5) is 11.4 Å². The van der Waals surface area contributed by atoms with Crippen molar-refractivity contribution >= 4 is 28.3 Å². The summed E-state index contributed by atoms with van der Waals surface area (Å²) in [5.74, 6) is -0.425. The number of amides is 1. The average molecular weight is 352 g/mol. The van der Waals surface area contributed by atoms with Crippen LogP contribution in [0.3, 0.4) is 0 Å². The number of benzene rings is 2. The Morgan fingerprint density at radius 3 is 2.81 bits per heavy atom. The van der Waals surface area contributed by atoms with E-state index in [-0.39, 0.29) is 35.5 Å². The van der Waals surface area contributed by atoms with Crippen LogP contribution < -0.4 is 10.9 Å². The molecule has 0 bridgehead atoms. The van der Waals surface area contributed by atoms with Crippen LogP contribution in [-0.2, 0) is 11.2 Å². The van der Waals surface area contributed by atoms with Gasteiger partial charge in [-0.05, 0) is 30.7 Å². The molecule has 0 aliphatic rings. The molecule has 0 aliphatic carbocycles. The maximum Gasteiger partial charge on any atom is 0.293 e. The zero-order valence-corrected chi connectivity index (χ0v) is 14.0. The lowest BCUT2D eigenvalue weighted by atomic mass is 10.1. The number of aromatic amines is 1.